The Bertz CT molecular complexity index is 432. The highest BCUT2D eigenvalue weighted by atomic mass is 16.5. The van der Waals surface area contributed by atoms with Gasteiger partial charge in [-0.25, -0.2) is 0 Å². The van der Waals surface area contributed by atoms with Crippen molar-refractivity contribution in [2.45, 2.75) is 166 Å². The fraction of sp³-hybridized carbons (Fsp3) is 1.00. The average Bonchev–Trinajstić information content (AvgIpc) is 2.78. The summed E-state index contributed by atoms with van der Waals surface area (Å²) in [6.45, 7) is 6.56. The molecule has 0 aromatic heterocycles. The molecule has 6 fully saturated rings. The molecule has 0 saturated carbocycles. The van der Waals surface area contributed by atoms with E-state index in [0.717, 1.165) is 13.2 Å². The van der Waals surface area contributed by atoms with Crippen LogP contribution in [0.2, 0.25) is 0 Å². The summed E-state index contributed by atoms with van der Waals surface area (Å²) < 4.78 is 12.5. The molecule has 6 atom stereocenters. The lowest BCUT2D eigenvalue weighted by Gasteiger charge is -2.36. The van der Waals surface area contributed by atoms with Crippen molar-refractivity contribution in [2.24, 2.45) is 0 Å². The fourth-order valence-electron chi connectivity index (χ4n) is 6.14. The van der Waals surface area contributed by atoms with Crippen LogP contribution < -0.4 is 10.6 Å². The lowest BCUT2D eigenvalue weighted by Crippen LogP contribution is -2.49. The first kappa shape index (κ1) is 26.4. The smallest absolute Gasteiger partial charge is 0.0725 e. The monoisotopic (exact) mass is 450 g/mol. The highest BCUT2D eigenvalue weighted by Crippen LogP contribution is 2.23. The van der Waals surface area contributed by atoms with Gasteiger partial charge in [-0.1, -0.05) is 64.2 Å². The van der Waals surface area contributed by atoms with Crippen LogP contribution >= 0.6 is 0 Å². The molecule has 3 unspecified atom stereocenters. The first-order valence-corrected chi connectivity index (χ1v) is 14.5. The van der Waals surface area contributed by atoms with Gasteiger partial charge in [0, 0.05) is 37.4 Å². The molecule has 32 heavy (non-hydrogen) atoms. The Labute approximate surface area is 199 Å². The normalized spacial score (nSPS) is 38.4. The average molecular weight is 451 g/mol. The number of piperidine rings is 2. The Morgan fingerprint density at radius 2 is 0.812 bits per heavy atom. The van der Waals surface area contributed by atoms with Crippen molar-refractivity contribution in [1.29, 1.82) is 0 Å². The third-order valence-corrected chi connectivity index (χ3v) is 8.27. The van der Waals surface area contributed by atoms with Gasteiger partial charge in [0.15, 0.2) is 0 Å². The third-order valence-electron chi connectivity index (χ3n) is 8.27. The van der Waals surface area contributed by atoms with E-state index in [1.54, 1.807) is 0 Å². The van der Waals surface area contributed by atoms with Crippen LogP contribution in [0.4, 0.5) is 0 Å². The van der Waals surface area contributed by atoms with E-state index in [4.69, 9.17) is 9.47 Å². The molecule has 0 aliphatic carbocycles. The number of hydrogen-bond donors (Lipinski definition) is 2. The van der Waals surface area contributed by atoms with E-state index in [-0.39, 0.29) is 0 Å². The van der Waals surface area contributed by atoms with Gasteiger partial charge in [-0.15, -0.1) is 0 Å². The molecule has 4 heteroatoms. The Kier molecular flexibility index (Phi) is 13.0. The van der Waals surface area contributed by atoms with E-state index in [2.05, 4.69) is 24.5 Å². The quantitative estimate of drug-likeness (QED) is 0.441. The zero-order chi connectivity index (χ0) is 22.4. The summed E-state index contributed by atoms with van der Waals surface area (Å²) in [5.41, 5.74) is 0. The lowest BCUT2D eigenvalue weighted by molar-refractivity contribution is 0.000650. The molecule has 0 amide bonds. The molecule has 0 radical (unpaired) electrons. The summed E-state index contributed by atoms with van der Waals surface area (Å²) in [6.07, 6.45) is 24.8. The van der Waals surface area contributed by atoms with Crippen molar-refractivity contribution in [3.05, 3.63) is 0 Å². The Morgan fingerprint density at radius 3 is 1.22 bits per heavy atom. The highest BCUT2D eigenvalue weighted by molar-refractivity contribution is 4.86. The zero-order valence-corrected chi connectivity index (χ0v) is 21.4. The fourth-order valence-corrected chi connectivity index (χ4v) is 6.14. The Hall–Kier alpha value is -0.160. The van der Waals surface area contributed by atoms with Gasteiger partial charge in [-0.3, -0.25) is 0 Å². The van der Waals surface area contributed by atoms with Gasteiger partial charge in [0.05, 0.1) is 12.2 Å². The molecule has 2 N–H and O–H groups in total. The minimum absolute atomic E-state index is 0.428. The van der Waals surface area contributed by atoms with Crippen molar-refractivity contribution in [1.82, 2.24) is 10.6 Å². The molecular weight excluding hydrogens is 396 g/mol. The standard InChI is InChI=1S/C28H54N2O2/c1-23-27-19-17-25(29-23)15-11-7-3-6-10-14-22-32-28-20-18-26(30-24(28)2)16-12-8-4-5-9-13-21-31-27/h23-30H,3-22H2,1-2H3/t23?,24?,25-,26-,27+,28?/m1/s1. The van der Waals surface area contributed by atoms with E-state index in [1.165, 1.54) is 116 Å². The van der Waals surface area contributed by atoms with Gasteiger partial charge >= 0.3 is 0 Å². The molecule has 0 aromatic carbocycles. The first-order valence-electron chi connectivity index (χ1n) is 14.5. The molecule has 6 aliphatic rings. The minimum Gasteiger partial charge on any atom is -0.377 e. The van der Waals surface area contributed by atoms with Crippen LogP contribution in [0.1, 0.15) is 129 Å². The first-order chi connectivity index (χ1) is 15.7. The number of hydrogen-bond acceptors (Lipinski definition) is 4. The summed E-state index contributed by atoms with van der Waals surface area (Å²) in [7, 11) is 0. The van der Waals surface area contributed by atoms with Crippen molar-refractivity contribution >= 4 is 0 Å². The van der Waals surface area contributed by atoms with E-state index < -0.39 is 0 Å². The van der Waals surface area contributed by atoms with E-state index in [0.29, 0.717) is 36.4 Å². The van der Waals surface area contributed by atoms with Crippen LogP contribution in [-0.2, 0) is 9.47 Å². The van der Waals surface area contributed by atoms with Crippen LogP contribution in [0, 0.1) is 0 Å². The SMILES string of the molecule is CC1N[C@@H]2CCCCCCCCO[C@H]3CC[C@@H](CCCCCCCCOC1CC2)NC3C. The summed E-state index contributed by atoms with van der Waals surface area (Å²) in [5.74, 6) is 0. The molecule has 188 valence electrons. The Morgan fingerprint density at radius 1 is 0.438 bits per heavy atom. The molecule has 6 aliphatic heterocycles. The van der Waals surface area contributed by atoms with Gasteiger partial charge in [0.25, 0.3) is 0 Å². The summed E-state index contributed by atoms with van der Waals surface area (Å²) in [4.78, 5) is 0. The lowest BCUT2D eigenvalue weighted by atomic mass is 9.93. The van der Waals surface area contributed by atoms with Crippen molar-refractivity contribution in [2.75, 3.05) is 13.2 Å². The number of rotatable bonds is 0. The molecule has 0 spiro atoms. The predicted molar refractivity (Wildman–Crippen MR) is 135 cm³/mol. The third kappa shape index (κ3) is 9.99. The van der Waals surface area contributed by atoms with Crippen LogP contribution in [0.15, 0.2) is 0 Å². The second kappa shape index (κ2) is 15.7. The van der Waals surface area contributed by atoms with Crippen LogP contribution in [0.3, 0.4) is 0 Å². The largest absolute Gasteiger partial charge is 0.377 e. The number of ether oxygens (including phenoxy) is 2. The van der Waals surface area contributed by atoms with E-state index >= 15 is 0 Å². The molecule has 4 bridgehead atoms. The topological polar surface area (TPSA) is 42.5 Å². The summed E-state index contributed by atoms with van der Waals surface area (Å²) >= 11 is 0. The van der Waals surface area contributed by atoms with E-state index in [9.17, 15) is 0 Å². The van der Waals surface area contributed by atoms with Crippen molar-refractivity contribution in [3.8, 4) is 0 Å². The summed E-state index contributed by atoms with van der Waals surface area (Å²) in [5, 5.41) is 7.70. The van der Waals surface area contributed by atoms with Crippen LogP contribution in [0.25, 0.3) is 0 Å². The van der Waals surface area contributed by atoms with Crippen LogP contribution in [-0.4, -0.2) is 49.6 Å². The second-order valence-electron chi connectivity index (χ2n) is 11.1. The molecular formula is C28H54N2O2. The van der Waals surface area contributed by atoms with Crippen molar-refractivity contribution < 1.29 is 9.47 Å². The maximum Gasteiger partial charge on any atom is 0.0725 e. The molecule has 6 saturated heterocycles. The number of nitrogens with one attached hydrogen (secondary N) is 2. The van der Waals surface area contributed by atoms with Gasteiger partial charge in [-0.2, -0.15) is 0 Å². The minimum atomic E-state index is 0.428. The predicted octanol–water partition coefficient (Wildman–Crippen LogP) is 6.51. The van der Waals surface area contributed by atoms with Gasteiger partial charge in [-0.05, 0) is 65.2 Å². The van der Waals surface area contributed by atoms with Gasteiger partial charge in [0.2, 0.25) is 0 Å². The highest BCUT2D eigenvalue weighted by Gasteiger charge is 2.28. The van der Waals surface area contributed by atoms with Crippen LogP contribution in [0.5, 0.6) is 0 Å². The summed E-state index contributed by atoms with van der Waals surface area (Å²) in [6, 6.07) is 2.45. The Balaban J connectivity index is 1.36. The molecule has 4 nitrogen and oxygen atoms in total. The molecule has 0 aromatic rings. The molecule has 6 heterocycles. The maximum absolute atomic E-state index is 6.26. The zero-order valence-electron chi connectivity index (χ0n) is 21.4. The van der Waals surface area contributed by atoms with Crippen molar-refractivity contribution in [3.63, 3.8) is 0 Å². The van der Waals surface area contributed by atoms with Gasteiger partial charge in [0.1, 0.15) is 0 Å². The van der Waals surface area contributed by atoms with Gasteiger partial charge < -0.3 is 20.1 Å². The molecule has 6 rings (SSSR count). The van der Waals surface area contributed by atoms with E-state index in [1.807, 2.05) is 0 Å². The maximum atomic E-state index is 6.26. The second-order valence-corrected chi connectivity index (χ2v) is 11.1.